The molecule has 0 aliphatic heterocycles. The molecule has 24 heavy (non-hydrogen) atoms. The highest BCUT2D eigenvalue weighted by molar-refractivity contribution is 6.03. The highest BCUT2D eigenvalue weighted by Gasteiger charge is 2.09. The number of hydrogen-bond acceptors (Lipinski definition) is 6. The fourth-order valence-electron chi connectivity index (χ4n) is 1.91. The topological polar surface area (TPSA) is 105 Å². The average molecular weight is 329 g/mol. The van der Waals surface area contributed by atoms with Crippen molar-refractivity contribution in [3.63, 3.8) is 0 Å². The number of carbonyl (C=O) groups excluding carboxylic acids is 2. The van der Waals surface area contributed by atoms with Gasteiger partial charge in [0.05, 0.1) is 6.61 Å². The second-order valence-corrected chi connectivity index (χ2v) is 4.90. The molecule has 2 rings (SSSR count). The zero-order valence-corrected chi connectivity index (χ0v) is 13.5. The Morgan fingerprint density at radius 2 is 1.92 bits per heavy atom. The van der Waals surface area contributed by atoms with Crippen LogP contribution in [0.15, 0.2) is 36.5 Å². The third kappa shape index (κ3) is 5.33. The van der Waals surface area contributed by atoms with Crippen LogP contribution >= 0.6 is 0 Å². The largest absolute Gasteiger partial charge is 0.383 e. The number of nitrogens with one attached hydrogen (secondary N) is 3. The standard InChI is InChI=1S/C16H19N5O3/c1-11(22)19-12-4-3-5-13(10-12)20-15(23)14-6-7-17-16(21-14)18-8-9-24-2/h3-7,10H,8-9H2,1-2H3,(H,19,22)(H,20,23)(H,17,18,21). The van der Waals surface area contributed by atoms with Crippen LogP contribution in [0.3, 0.4) is 0 Å². The fourth-order valence-corrected chi connectivity index (χ4v) is 1.91. The van der Waals surface area contributed by atoms with Crippen molar-refractivity contribution in [1.29, 1.82) is 0 Å². The Labute approximate surface area is 139 Å². The molecule has 0 saturated carbocycles. The number of anilines is 3. The summed E-state index contributed by atoms with van der Waals surface area (Å²) in [7, 11) is 1.60. The van der Waals surface area contributed by atoms with Crippen molar-refractivity contribution >= 4 is 29.1 Å². The highest BCUT2D eigenvalue weighted by atomic mass is 16.5. The molecule has 126 valence electrons. The summed E-state index contributed by atoms with van der Waals surface area (Å²) < 4.78 is 4.93. The first-order valence-corrected chi connectivity index (χ1v) is 7.33. The summed E-state index contributed by atoms with van der Waals surface area (Å²) in [4.78, 5) is 31.6. The van der Waals surface area contributed by atoms with E-state index in [0.717, 1.165) is 0 Å². The number of carbonyl (C=O) groups is 2. The number of aromatic nitrogens is 2. The van der Waals surface area contributed by atoms with Gasteiger partial charge in [-0.25, -0.2) is 9.97 Å². The second kappa shape index (κ2) is 8.59. The SMILES string of the molecule is COCCNc1nccc(C(=O)Nc2cccc(NC(C)=O)c2)n1. The fraction of sp³-hybridized carbons (Fsp3) is 0.250. The van der Waals surface area contributed by atoms with Gasteiger partial charge in [0.15, 0.2) is 0 Å². The Bertz CT molecular complexity index is 720. The van der Waals surface area contributed by atoms with Crippen LogP contribution in [0.2, 0.25) is 0 Å². The van der Waals surface area contributed by atoms with Crippen LogP contribution in [0.25, 0.3) is 0 Å². The number of ether oxygens (including phenoxy) is 1. The lowest BCUT2D eigenvalue weighted by Crippen LogP contribution is -2.16. The molecule has 0 aliphatic rings. The normalized spacial score (nSPS) is 10.1. The summed E-state index contributed by atoms with van der Waals surface area (Å²) in [5.74, 6) is -0.195. The van der Waals surface area contributed by atoms with Crippen molar-refractivity contribution in [2.45, 2.75) is 6.92 Å². The lowest BCUT2D eigenvalue weighted by Gasteiger charge is -2.08. The monoisotopic (exact) mass is 329 g/mol. The van der Waals surface area contributed by atoms with Gasteiger partial charge in [0.2, 0.25) is 11.9 Å². The Balaban J connectivity index is 2.04. The molecule has 3 N–H and O–H groups in total. The zero-order valence-electron chi connectivity index (χ0n) is 13.5. The highest BCUT2D eigenvalue weighted by Crippen LogP contribution is 2.16. The van der Waals surface area contributed by atoms with E-state index < -0.39 is 0 Å². The van der Waals surface area contributed by atoms with Crippen LogP contribution in [0, 0.1) is 0 Å². The Morgan fingerprint density at radius 1 is 1.17 bits per heavy atom. The first-order valence-electron chi connectivity index (χ1n) is 7.33. The number of nitrogens with zero attached hydrogens (tertiary/aromatic N) is 2. The van der Waals surface area contributed by atoms with Crippen LogP contribution in [-0.4, -0.2) is 42.0 Å². The predicted octanol–water partition coefficient (Wildman–Crippen LogP) is 1.75. The number of benzene rings is 1. The number of hydrogen-bond donors (Lipinski definition) is 3. The van der Waals surface area contributed by atoms with E-state index in [4.69, 9.17) is 4.74 Å². The lowest BCUT2D eigenvalue weighted by atomic mass is 10.2. The molecular weight excluding hydrogens is 310 g/mol. The van der Waals surface area contributed by atoms with Crippen molar-refractivity contribution in [2.24, 2.45) is 0 Å². The molecule has 0 atom stereocenters. The van der Waals surface area contributed by atoms with Crippen LogP contribution in [0.4, 0.5) is 17.3 Å². The maximum absolute atomic E-state index is 12.3. The van der Waals surface area contributed by atoms with Crippen LogP contribution in [0.5, 0.6) is 0 Å². The van der Waals surface area contributed by atoms with Crippen molar-refractivity contribution in [3.05, 3.63) is 42.2 Å². The van der Waals surface area contributed by atoms with Gasteiger partial charge in [0.1, 0.15) is 5.69 Å². The van der Waals surface area contributed by atoms with E-state index in [0.29, 0.717) is 30.5 Å². The molecule has 0 radical (unpaired) electrons. The molecular formula is C16H19N5O3. The van der Waals surface area contributed by atoms with Crippen molar-refractivity contribution in [3.8, 4) is 0 Å². The molecule has 1 aromatic heterocycles. The van der Waals surface area contributed by atoms with Gasteiger partial charge < -0.3 is 20.7 Å². The number of methoxy groups -OCH3 is 1. The molecule has 2 amide bonds. The molecule has 0 bridgehead atoms. The molecule has 0 fully saturated rings. The van der Waals surface area contributed by atoms with E-state index in [-0.39, 0.29) is 17.5 Å². The molecule has 8 nitrogen and oxygen atoms in total. The van der Waals surface area contributed by atoms with Gasteiger partial charge in [-0.1, -0.05) is 6.07 Å². The van der Waals surface area contributed by atoms with Crippen LogP contribution in [-0.2, 0) is 9.53 Å². The lowest BCUT2D eigenvalue weighted by molar-refractivity contribution is -0.114. The molecule has 1 aromatic carbocycles. The van der Waals surface area contributed by atoms with Gasteiger partial charge in [-0.15, -0.1) is 0 Å². The minimum Gasteiger partial charge on any atom is -0.383 e. The van der Waals surface area contributed by atoms with Gasteiger partial charge >= 0.3 is 0 Å². The third-order valence-electron chi connectivity index (χ3n) is 2.92. The Kier molecular flexibility index (Phi) is 6.21. The van der Waals surface area contributed by atoms with Gasteiger partial charge in [0.25, 0.3) is 5.91 Å². The number of amides is 2. The third-order valence-corrected chi connectivity index (χ3v) is 2.92. The minimum atomic E-state index is -0.368. The maximum Gasteiger partial charge on any atom is 0.274 e. The van der Waals surface area contributed by atoms with E-state index in [1.165, 1.54) is 19.2 Å². The minimum absolute atomic E-state index is 0.180. The van der Waals surface area contributed by atoms with Crippen LogP contribution < -0.4 is 16.0 Å². The van der Waals surface area contributed by atoms with Gasteiger partial charge in [-0.3, -0.25) is 9.59 Å². The first-order chi connectivity index (χ1) is 11.6. The zero-order chi connectivity index (χ0) is 17.4. The first kappa shape index (κ1) is 17.4. The second-order valence-electron chi connectivity index (χ2n) is 4.90. The molecule has 0 aliphatic carbocycles. The summed E-state index contributed by atoms with van der Waals surface area (Å²) in [6.45, 7) is 2.47. The summed E-state index contributed by atoms with van der Waals surface area (Å²) in [6, 6.07) is 8.38. The van der Waals surface area contributed by atoms with E-state index in [1.54, 1.807) is 31.4 Å². The van der Waals surface area contributed by atoms with Crippen molar-refractivity contribution in [2.75, 3.05) is 36.2 Å². The van der Waals surface area contributed by atoms with Crippen LogP contribution in [0.1, 0.15) is 17.4 Å². The molecule has 0 unspecified atom stereocenters. The quantitative estimate of drug-likeness (QED) is 0.668. The number of rotatable bonds is 7. The van der Waals surface area contributed by atoms with Crippen molar-refractivity contribution < 1.29 is 14.3 Å². The molecule has 1 heterocycles. The van der Waals surface area contributed by atoms with E-state index in [9.17, 15) is 9.59 Å². The van der Waals surface area contributed by atoms with Gasteiger partial charge in [0, 0.05) is 38.1 Å². The Hall–Kier alpha value is -3.00. The summed E-state index contributed by atoms with van der Waals surface area (Å²) in [6.07, 6.45) is 1.50. The van der Waals surface area contributed by atoms with E-state index in [1.807, 2.05) is 0 Å². The van der Waals surface area contributed by atoms with Crippen molar-refractivity contribution in [1.82, 2.24) is 9.97 Å². The van der Waals surface area contributed by atoms with E-state index >= 15 is 0 Å². The molecule has 2 aromatic rings. The predicted molar refractivity (Wildman–Crippen MR) is 91.1 cm³/mol. The van der Waals surface area contributed by atoms with Gasteiger partial charge in [-0.05, 0) is 24.3 Å². The van der Waals surface area contributed by atoms with Gasteiger partial charge in [-0.2, -0.15) is 0 Å². The maximum atomic E-state index is 12.3. The average Bonchev–Trinajstić information content (AvgIpc) is 2.55. The molecule has 8 heteroatoms. The smallest absolute Gasteiger partial charge is 0.274 e. The van der Waals surface area contributed by atoms with E-state index in [2.05, 4.69) is 25.9 Å². The summed E-state index contributed by atoms with van der Waals surface area (Å²) >= 11 is 0. The molecule has 0 spiro atoms. The summed E-state index contributed by atoms with van der Waals surface area (Å²) in [5, 5.41) is 8.35. The molecule has 0 saturated heterocycles. The Morgan fingerprint density at radius 3 is 2.62 bits per heavy atom. The summed E-state index contributed by atoms with van der Waals surface area (Å²) in [5.41, 5.74) is 1.39.